The maximum Gasteiger partial charge on any atom is 0.110 e. The van der Waals surface area contributed by atoms with Crippen LogP contribution in [0.2, 0.25) is 0 Å². The van der Waals surface area contributed by atoms with Gasteiger partial charge < -0.3 is 20.1 Å². The quantitative estimate of drug-likeness (QED) is 0.392. The molecule has 3 N–H and O–H groups in total. The Labute approximate surface area is 52.7 Å². The van der Waals surface area contributed by atoms with Crippen LogP contribution in [0.25, 0.3) is 0 Å². The monoisotopic (exact) mass is 134 g/mol. The number of hydrogen-bond acceptors (Lipinski definition) is 4. The summed E-state index contributed by atoms with van der Waals surface area (Å²) in [6.45, 7) is -0.120. The molecule has 1 heterocycles. The van der Waals surface area contributed by atoms with Crippen molar-refractivity contribution in [1.29, 1.82) is 0 Å². The molecule has 0 aromatic carbocycles. The molecule has 1 fully saturated rings. The van der Waals surface area contributed by atoms with Crippen molar-refractivity contribution in [3.63, 3.8) is 0 Å². The summed E-state index contributed by atoms with van der Waals surface area (Å²) < 4.78 is 4.78. The molecule has 1 aliphatic rings. The second-order valence-corrected chi connectivity index (χ2v) is 2.11. The predicted molar refractivity (Wildman–Crippen MR) is 28.8 cm³/mol. The molecule has 0 aromatic heterocycles. The smallest absolute Gasteiger partial charge is 0.110 e. The number of hydrogen-bond donors (Lipinski definition) is 3. The summed E-state index contributed by atoms with van der Waals surface area (Å²) in [4.78, 5) is 0. The molecule has 1 aliphatic heterocycles. The van der Waals surface area contributed by atoms with Crippen molar-refractivity contribution in [1.82, 2.24) is 0 Å². The first kappa shape index (κ1) is 6.95. The van der Waals surface area contributed by atoms with E-state index in [-0.39, 0.29) is 13.2 Å². The minimum Gasteiger partial charge on any atom is -0.394 e. The van der Waals surface area contributed by atoms with Gasteiger partial charge in [0.05, 0.1) is 13.2 Å². The second kappa shape index (κ2) is 2.62. The normalized spacial score (nSPS) is 43.7. The minimum atomic E-state index is -0.921. The maximum atomic E-state index is 8.92. The predicted octanol–water partition coefficient (Wildman–Crippen LogP) is -1.90. The lowest BCUT2D eigenvalue weighted by molar-refractivity contribution is -0.00588. The van der Waals surface area contributed by atoms with Crippen LogP contribution in [0, 0.1) is 0 Å². The molecule has 1 unspecified atom stereocenters. The number of aliphatic hydroxyl groups is 3. The van der Waals surface area contributed by atoms with Crippen LogP contribution in [0.4, 0.5) is 0 Å². The third-order valence-corrected chi connectivity index (χ3v) is 1.44. The van der Waals surface area contributed by atoms with Gasteiger partial charge in [0.1, 0.15) is 18.3 Å². The van der Waals surface area contributed by atoms with E-state index in [4.69, 9.17) is 20.1 Å². The van der Waals surface area contributed by atoms with E-state index < -0.39 is 18.3 Å². The molecule has 1 rings (SSSR count). The SMILES string of the molecule is OC[C@H]1OC[C@@H](O)C1O. The van der Waals surface area contributed by atoms with Gasteiger partial charge in [-0.25, -0.2) is 0 Å². The largest absolute Gasteiger partial charge is 0.394 e. The average molecular weight is 134 g/mol. The van der Waals surface area contributed by atoms with E-state index in [0.717, 1.165) is 0 Å². The molecule has 0 amide bonds. The molecule has 0 saturated carbocycles. The molecule has 0 aromatic rings. The molecule has 4 heteroatoms. The summed E-state index contributed by atoms with van der Waals surface area (Å²) in [7, 11) is 0. The molecule has 4 nitrogen and oxygen atoms in total. The van der Waals surface area contributed by atoms with Gasteiger partial charge in [0.2, 0.25) is 0 Å². The van der Waals surface area contributed by atoms with Crippen LogP contribution < -0.4 is 0 Å². The van der Waals surface area contributed by atoms with Gasteiger partial charge in [-0.05, 0) is 0 Å². The van der Waals surface area contributed by atoms with E-state index in [1.54, 1.807) is 0 Å². The summed E-state index contributed by atoms with van der Waals surface area (Å²) in [5, 5.41) is 26.2. The zero-order chi connectivity index (χ0) is 6.85. The Hall–Kier alpha value is -0.160. The van der Waals surface area contributed by atoms with Crippen molar-refractivity contribution in [3.05, 3.63) is 0 Å². The Bertz CT molecular complexity index is 95.0. The zero-order valence-electron chi connectivity index (χ0n) is 4.90. The topological polar surface area (TPSA) is 69.9 Å². The highest BCUT2D eigenvalue weighted by Gasteiger charge is 2.33. The fraction of sp³-hybridized carbons (Fsp3) is 1.00. The number of rotatable bonds is 1. The van der Waals surface area contributed by atoms with Crippen LogP contribution in [0.5, 0.6) is 0 Å². The van der Waals surface area contributed by atoms with Crippen LogP contribution in [0.1, 0.15) is 0 Å². The molecule has 0 spiro atoms. The Kier molecular flexibility index (Phi) is 2.02. The lowest BCUT2D eigenvalue weighted by atomic mass is 10.2. The highest BCUT2D eigenvalue weighted by molar-refractivity contribution is 4.81. The molecule has 0 bridgehead atoms. The summed E-state index contributed by atoms with van der Waals surface area (Å²) in [5.41, 5.74) is 0. The van der Waals surface area contributed by atoms with E-state index >= 15 is 0 Å². The standard InChI is InChI=1S/C5H10O4/c6-1-4-5(8)3(7)2-9-4/h3-8H,1-2H2/t3-,4-,5?/m1/s1. The first-order valence-corrected chi connectivity index (χ1v) is 2.84. The van der Waals surface area contributed by atoms with Gasteiger partial charge in [-0.3, -0.25) is 0 Å². The summed E-state index contributed by atoms with van der Waals surface area (Å²) in [5.74, 6) is 0. The molecular weight excluding hydrogens is 124 g/mol. The van der Waals surface area contributed by atoms with E-state index in [9.17, 15) is 0 Å². The molecule has 1 saturated heterocycles. The third kappa shape index (κ3) is 1.21. The first-order valence-electron chi connectivity index (χ1n) is 2.84. The van der Waals surface area contributed by atoms with Gasteiger partial charge >= 0.3 is 0 Å². The van der Waals surface area contributed by atoms with Gasteiger partial charge in [0.25, 0.3) is 0 Å². The van der Waals surface area contributed by atoms with E-state index in [0.29, 0.717) is 0 Å². The van der Waals surface area contributed by atoms with Gasteiger partial charge in [-0.2, -0.15) is 0 Å². The fourth-order valence-electron chi connectivity index (χ4n) is 0.828. The maximum absolute atomic E-state index is 8.92. The van der Waals surface area contributed by atoms with Crippen molar-refractivity contribution in [2.75, 3.05) is 13.2 Å². The lowest BCUT2D eigenvalue weighted by Crippen LogP contribution is -2.31. The van der Waals surface area contributed by atoms with Crippen molar-refractivity contribution in [2.24, 2.45) is 0 Å². The minimum absolute atomic E-state index is 0.117. The van der Waals surface area contributed by atoms with Crippen molar-refractivity contribution >= 4 is 0 Å². The highest BCUT2D eigenvalue weighted by Crippen LogP contribution is 2.12. The van der Waals surface area contributed by atoms with Gasteiger partial charge in [-0.1, -0.05) is 0 Å². The Morgan fingerprint density at radius 1 is 1.44 bits per heavy atom. The molecular formula is C5H10O4. The van der Waals surface area contributed by atoms with E-state index in [1.165, 1.54) is 0 Å². The number of aliphatic hydroxyl groups excluding tert-OH is 3. The third-order valence-electron chi connectivity index (χ3n) is 1.44. The molecule has 3 atom stereocenters. The zero-order valence-corrected chi connectivity index (χ0v) is 4.90. The molecule has 9 heavy (non-hydrogen) atoms. The van der Waals surface area contributed by atoms with Crippen LogP contribution >= 0.6 is 0 Å². The lowest BCUT2D eigenvalue weighted by Gasteiger charge is -2.10. The first-order chi connectivity index (χ1) is 4.25. The van der Waals surface area contributed by atoms with Crippen molar-refractivity contribution < 1.29 is 20.1 Å². The van der Waals surface area contributed by atoms with Crippen molar-refractivity contribution in [3.8, 4) is 0 Å². The molecule has 0 aliphatic carbocycles. The summed E-state index contributed by atoms with van der Waals surface area (Å²) in [6, 6.07) is 0. The average Bonchev–Trinajstić information content (AvgIpc) is 2.15. The van der Waals surface area contributed by atoms with Crippen LogP contribution in [-0.4, -0.2) is 46.8 Å². The fourth-order valence-corrected chi connectivity index (χ4v) is 0.828. The van der Waals surface area contributed by atoms with Crippen LogP contribution in [-0.2, 0) is 4.74 Å². The highest BCUT2D eigenvalue weighted by atomic mass is 16.5. The van der Waals surface area contributed by atoms with Crippen molar-refractivity contribution in [2.45, 2.75) is 18.3 Å². The van der Waals surface area contributed by atoms with E-state index in [2.05, 4.69) is 0 Å². The van der Waals surface area contributed by atoms with Gasteiger partial charge in [0, 0.05) is 0 Å². The summed E-state index contributed by atoms with van der Waals surface area (Å²) >= 11 is 0. The Morgan fingerprint density at radius 2 is 2.11 bits per heavy atom. The summed E-state index contributed by atoms with van der Waals surface area (Å²) in [6.07, 6.45) is -2.35. The van der Waals surface area contributed by atoms with Crippen LogP contribution in [0.15, 0.2) is 0 Å². The van der Waals surface area contributed by atoms with Crippen LogP contribution in [0.3, 0.4) is 0 Å². The Balaban J connectivity index is 2.41. The molecule has 54 valence electrons. The van der Waals surface area contributed by atoms with E-state index in [1.807, 2.05) is 0 Å². The Morgan fingerprint density at radius 3 is 2.33 bits per heavy atom. The molecule has 0 radical (unpaired) electrons. The number of ether oxygens (including phenoxy) is 1. The van der Waals surface area contributed by atoms with Gasteiger partial charge in [0.15, 0.2) is 0 Å². The second-order valence-electron chi connectivity index (χ2n) is 2.11. The van der Waals surface area contributed by atoms with Gasteiger partial charge in [-0.15, -0.1) is 0 Å².